The molecule has 2 heterocycles. The smallest absolute Gasteiger partial charge is 0.255 e. The van der Waals surface area contributed by atoms with Crippen LogP contribution in [0.4, 0.5) is 0 Å². The minimum Gasteiger partial charge on any atom is -0.331 e. The summed E-state index contributed by atoms with van der Waals surface area (Å²) in [6.45, 7) is 14.5. The van der Waals surface area contributed by atoms with E-state index in [9.17, 15) is 4.79 Å². The fraction of sp³-hybridized carbons (Fsp3) is 0.389. The molecule has 2 rings (SSSR count). The number of aryl methyl sites for hydroxylation is 1. The Labute approximate surface area is 137 Å². The van der Waals surface area contributed by atoms with Crippen molar-refractivity contribution in [1.82, 2.24) is 19.7 Å². The summed E-state index contributed by atoms with van der Waals surface area (Å²) in [5.74, 6) is -0.0519. The summed E-state index contributed by atoms with van der Waals surface area (Å²) in [5, 5.41) is 5.24. The Hall–Kier alpha value is -2.43. The maximum absolute atomic E-state index is 12.9. The first-order valence-corrected chi connectivity index (χ1v) is 7.89. The summed E-state index contributed by atoms with van der Waals surface area (Å²) in [7, 11) is 0. The summed E-state index contributed by atoms with van der Waals surface area (Å²) in [4.78, 5) is 19.2. The fourth-order valence-electron chi connectivity index (χ4n) is 2.54. The van der Waals surface area contributed by atoms with Crippen molar-refractivity contribution in [1.29, 1.82) is 0 Å². The number of rotatable bonds is 7. The minimum atomic E-state index is -0.0519. The lowest BCUT2D eigenvalue weighted by Gasteiger charge is -2.20. The van der Waals surface area contributed by atoms with Crippen molar-refractivity contribution >= 4 is 16.9 Å². The quantitative estimate of drug-likeness (QED) is 0.735. The highest BCUT2D eigenvalue weighted by molar-refractivity contribution is 6.05. The molecule has 23 heavy (non-hydrogen) atoms. The molecule has 5 nitrogen and oxygen atoms in total. The van der Waals surface area contributed by atoms with Gasteiger partial charge in [-0.1, -0.05) is 19.1 Å². The molecular weight excluding hydrogens is 288 g/mol. The molecule has 1 unspecified atom stereocenters. The van der Waals surface area contributed by atoms with Crippen LogP contribution in [-0.4, -0.2) is 38.7 Å². The summed E-state index contributed by atoms with van der Waals surface area (Å²) in [5.41, 5.74) is 2.20. The van der Waals surface area contributed by atoms with Crippen molar-refractivity contribution in [2.24, 2.45) is 0 Å². The molecule has 2 aromatic heterocycles. The zero-order valence-electron chi connectivity index (χ0n) is 14.1. The van der Waals surface area contributed by atoms with Gasteiger partial charge in [-0.25, -0.2) is 9.67 Å². The van der Waals surface area contributed by atoms with E-state index >= 15 is 0 Å². The second-order valence-corrected chi connectivity index (χ2v) is 5.68. The van der Waals surface area contributed by atoms with E-state index in [0.717, 1.165) is 23.1 Å². The van der Waals surface area contributed by atoms with Gasteiger partial charge in [0, 0.05) is 18.8 Å². The summed E-state index contributed by atoms with van der Waals surface area (Å²) in [6, 6.07) is 2.06. The van der Waals surface area contributed by atoms with Crippen molar-refractivity contribution in [2.45, 2.75) is 33.2 Å². The monoisotopic (exact) mass is 312 g/mol. The lowest BCUT2D eigenvalue weighted by molar-refractivity contribution is 0.0792. The Morgan fingerprint density at radius 1 is 1.39 bits per heavy atom. The number of carbonyl (C=O) groups is 1. The third-order valence-corrected chi connectivity index (χ3v) is 3.92. The molecule has 0 aliphatic rings. The first-order chi connectivity index (χ1) is 11.0. The lowest BCUT2D eigenvalue weighted by atomic mass is 10.1. The van der Waals surface area contributed by atoms with Gasteiger partial charge in [0.2, 0.25) is 0 Å². The summed E-state index contributed by atoms with van der Waals surface area (Å²) in [6.07, 6.45) is 6.13. The Morgan fingerprint density at radius 2 is 2.04 bits per heavy atom. The Kier molecular flexibility index (Phi) is 5.32. The van der Waals surface area contributed by atoms with Crippen LogP contribution in [0.3, 0.4) is 0 Å². The molecule has 0 saturated carbocycles. The van der Waals surface area contributed by atoms with Gasteiger partial charge in [-0.3, -0.25) is 4.79 Å². The van der Waals surface area contributed by atoms with Crippen LogP contribution in [0.5, 0.6) is 0 Å². The number of nitrogens with zero attached hydrogens (tertiary/aromatic N) is 4. The van der Waals surface area contributed by atoms with Gasteiger partial charge in [0.05, 0.1) is 23.2 Å². The Balaban J connectivity index is 2.56. The molecule has 0 aliphatic carbocycles. The average molecular weight is 312 g/mol. The highest BCUT2D eigenvalue weighted by Gasteiger charge is 2.20. The van der Waals surface area contributed by atoms with Crippen LogP contribution in [0.15, 0.2) is 37.6 Å². The van der Waals surface area contributed by atoms with Crippen LogP contribution >= 0.6 is 0 Å². The third kappa shape index (κ3) is 3.33. The Bertz CT molecular complexity index is 722. The van der Waals surface area contributed by atoms with Crippen molar-refractivity contribution in [2.75, 3.05) is 13.1 Å². The highest BCUT2D eigenvalue weighted by Crippen LogP contribution is 2.23. The van der Waals surface area contributed by atoms with Crippen LogP contribution < -0.4 is 0 Å². The van der Waals surface area contributed by atoms with E-state index in [1.165, 1.54) is 0 Å². The number of amides is 1. The van der Waals surface area contributed by atoms with Crippen molar-refractivity contribution in [3.05, 3.63) is 48.8 Å². The molecule has 0 N–H and O–H groups in total. The second-order valence-electron chi connectivity index (χ2n) is 5.68. The van der Waals surface area contributed by atoms with Crippen LogP contribution in [0, 0.1) is 6.92 Å². The van der Waals surface area contributed by atoms with Gasteiger partial charge < -0.3 is 4.90 Å². The highest BCUT2D eigenvalue weighted by atomic mass is 16.2. The Morgan fingerprint density at radius 3 is 2.61 bits per heavy atom. The molecule has 5 heteroatoms. The standard InChI is InChI=1S/C18H24N4O/c1-6-9-21(10-7-2)18(23)15-11-13(4)20-17-16(15)12-19-22(17)14(5)8-3/h6-7,11-12,14H,1-2,8-10H2,3-5H3. The van der Waals surface area contributed by atoms with Crippen LogP contribution in [0.1, 0.15) is 42.4 Å². The van der Waals surface area contributed by atoms with Gasteiger partial charge in [-0.05, 0) is 26.3 Å². The van der Waals surface area contributed by atoms with E-state index in [2.05, 4.69) is 37.1 Å². The lowest BCUT2D eigenvalue weighted by Crippen LogP contribution is -2.31. The van der Waals surface area contributed by atoms with Crippen LogP contribution in [-0.2, 0) is 0 Å². The number of hydrogen-bond acceptors (Lipinski definition) is 3. The number of carbonyl (C=O) groups excluding carboxylic acids is 1. The van der Waals surface area contributed by atoms with Gasteiger partial charge in [0.25, 0.3) is 5.91 Å². The largest absolute Gasteiger partial charge is 0.331 e. The fourth-order valence-corrected chi connectivity index (χ4v) is 2.54. The van der Waals surface area contributed by atoms with Crippen LogP contribution in [0.2, 0.25) is 0 Å². The first-order valence-electron chi connectivity index (χ1n) is 7.89. The molecule has 0 fully saturated rings. The molecule has 122 valence electrons. The van der Waals surface area contributed by atoms with Gasteiger partial charge >= 0.3 is 0 Å². The third-order valence-electron chi connectivity index (χ3n) is 3.92. The predicted molar refractivity (Wildman–Crippen MR) is 93.6 cm³/mol. The van der Waals surface area contributed by atoms with E-state index in [4.69, 9.17) is 0 Å². The predicted octanol–water partition coefficient (Wildman–Crippen LogP) is 3.52. The molecule has 0 saturated heterocycles. The van der Waals surface area contributed by atoms with Gasteiger partial charge in [0.15, 0.2) is 5.65 Å². The zero-order valence-corrected chi connectivity index (χ0v) is 14.1. The van der Waals surface area contributed by atoms with E-state index in [1.54, 1.807) is 23.2 Å². The maximum Gasteiger partial charge on any atom is 0.255 e. The molecule has 1 amide bonds. The van der Waals surface area contributed by atoms with E-state index in [-0.39, 0.29) is 11.9 Å². The number of fused-ring (bicyclic) bond motifs is 1. The molecular formula is C18H24N4O. The second kappa shape index (κ2) is 7.22. The van der Waals surface area contributed by atoms with E-state index < -0.39 is 0 Å². The average Bonchev–Trinajstić information content (AvgIpc) is 2.96. The molecule has 2 aromatic rings. The topological polar surface area (TPSA) is 51.0 Å². The molecule has 0 aromatic carbocycles. The SMILES string of the molecule is C=CCN(CC=C)C(=O)c1cc(C)nc2c1cnn2C(C)CC. The number of aromatic nitrogens is 3. The van der Waals surface area contributed by atoms with Crippen molar-refractivity contribution in [3.63, 3.8) is 0 Å². The number of hydrogen-bond donors (Lipinski definition) is 0. The molecule has 0 spiro atoms. The summed E-state index contributed by atoms with van der Waals surface area (Å²) >= 11 is 0. The van der Waals surface area contributed by atoms with Gasteiger partial charge in [-0.2, -0.15) is 5.10 Å². The van der Waals surface area contributed by atoms with E-state index in [1.807, 2.05) is 17.7 Å². The summed E-state index contributed by atoms with van der Waals surface area (Å²) < 4.78 is 1.89. The van der Waals surface area contributed by atoms with Gasteiger partial charge in [-0.15, -0.1) is 13.2 Å². The molecule has 1 atom stereocenters. The maximum atomic E-state index is 12.9. The normalized spacial score (nSPS) is 12.1. The molecule has 0 aliphatic heterocycles. The van der Waals surface area contributed by atoms with Crippen molar-refractivity contribution in [3.8, 4) is 0 Å². The first kappa shape index (κ1) is 16.9. The van der Waals surface area contributed by atoms with E-state index in [0.29, 0.717) is 18.7 Å². The minimum absolute atomic E-state index is 0.0519. The van der Waals surface area contributed by atoms with Crippen molar-refractivity contribution < 1.29 is 4.79 Å². The molecule has 0 radical (unpaired) electrons. The number of pyridine rings is 1. The zero-order chi connectivity index (χ0) is 17.0. The van der Waals surface area contributed by atoms with Gasteiger partial charge in [0.1, 0.15) is 0 Å². The molecule has 0 bridgehead atoms. The van der Waals surface area contributed by atoms with Crippen LogP contribution in [0.25, 0.3) is 11.0 Å².